The van der Waals surface area contributed by atoms with E-state index < -0.39 is 5.25 Å². The number of alkyl halides is 1. The van der Waals surface area contributed by atoms with Crippen LogP contribution in [0.4, 0.5) is 0 Å². The van der Waals surface area contributed by atoms with E-state index >= 15 is 0 Å². The van der Waals surface area contributed by atoms with Crippen LogP contribution in [-0.2, 0) is 4.74 Å². The van der Waals surface area contributed by atoms with Crippen molar-refractivity contribution in [1.82, 2.24) is 0 Å². The number of benzene rings is 1. The smallest absolute Gasteiger partial charge is 0.290 e. The molecule has 3 heteroatoms. The third-order valence-electron chi connectivity index (χ3n) is 3.45. The first kappa shape index (κ1) is 18.3. The lowest BCUT2D eigenvalue weighted by molar-refractivity contribution is -0.119. The second-order valence-corrected chi connectivity index (χ2v) is 5.96. The molecule has 21 heavy (non-hydrogen) atoms. The standard InChI is InChI=1S/C18H29ClO2/c1-3-5-6-7-8-9-13-16-18(19,20-4-2)21-17-14-11-10-12-15-17/h10-12,14-15H,3-9,13,16H2,1-2H3. The molecule has 1 unspecified atom stereocenters. The van der Waals surface area contributed by atoms with Crippen molar-refractivity contribution < 1.29 is 9.47 Å². The summed E-state index contributed by atoms with van der Waals surface area (Å²) in [4.78, 5) is 0. The normalized spacial score (nSPS) is 13.9. The molecular weight excluding hydrogens is 284 g/mol. The highest BCUT2D eigenvalue weighted by atomic mass is 35.5. The molecule has 0 N–H and O–H groups in total. The van der Waals surface area contributed by atoms with Crippen molar-refractivity contribution in [3.05, 3.63) is 30.3 Å². The lowest BCUT2D eigenvalue weighted by Gasteiger charge is -2.27. The molecule has 0 fully saturated rings. The van der Waals surface area contributed by atoms with Crippen LogP contribution in [0, 0.1) is 0 Å². The summed E-state index contributed by atoms with van der Waals surface area (Å²) in [6.45, 7) is 4.73. The minimum atomic E-state index is -1.03. The second kappa shape index (κ2) is 10.9. The maximum Gasteiger partial charge on any atom is 0.290 e. The van der Waals surface area contributed by atoms with Gasteiger partial charge in [-0.2, -0.15) is 0 Å². The average molecular weight is 313 g/mol. The van der Waals surface area contributed by atoms with Gasteiger partial charge in [-0.05, 0) is 37.1 Å². The lowest BCUT2D eigenvalue weighted by atomic mass is 10.1. The molecule has 0 aliphatic rings. The molecule has 0 aliphatic heterocycles. The van der Waals surface area contributed by atoms with Crippen molar-refractivity contribution in [3.63, 3.8) is 0 Å². The summed E-state index contributed by atoms with van der Waals surface area (Å²) in [6.07, 6.45) is 9.49. The quantitative estimate of drug-likeness (QED) is 0.262. The zero-order valence-electron chi connectivity index (χ0n) is 13.4. The molecular formula is C18H29ClO2. The van der Waals surface area contributed by atoms with Gasteiger partial charge < -0.3 is 9.47 Å². The summed E-state index contributed by atoms with van der Waals surface area (Å²) < 4.78 is 11.5. The maximum atomic E-state index is 6.49. The first-order chi connectivity index (χ1) is 10.2. The number of para-hydroxylation sites is 1. The van der Waals surface area contributed by atoms with Crippen molar-refractivity contribution in [2.45, 2.75) is 70.5 Å². The van der Waals surface area contributed by atoms with Crippen molar-refractivity contribution in [2.75, 3.05) is 6.61 Å². The van der Waals surface area contributed by atoms with Gasteiger partial charge in [-0.3, -0.25) is 0 Å². The van der Waals surface area contributed by atoms with Gasteiger partial charge in [0.15, 0.2) is 0 Å². The van der Waals surface area contributed by atoms with E-state index in [1.165, 1.54) is 38.5 Å². The van der Waals surface area contributed by atoms with Gasteiger partial charge in [-0.15, -0.1) is 0 Å². The molecule has 0 aliphatic carbocycles. The van der Waals surface area contributed by atoms with Crippen LogP contribution in [-0.4, -0.2) is 11.9 Å². The van der Waals surface area contributed by atoms with Gasteiger partial charge >= 0.3 is 0 Å². The predicted octanol–water partition coefficient (Wildman–Crippen LogP) is 6.14. The highest BCUT2D eigenvalue weighted by molar-refractivity contribution is 6.22. The Morgan fingerprint density at radius 1 is 0.905 bits per heavy atom. The minimum Gasteiger partial charge on any atom is -0.448 e. The summed E-state index contributed by atoms with van der Waals surface area (Å²) in [5.74, 6) is 0.754. The van der Waals surface area contributed by atoms with Gasteiger partial charge in [0.05, 0.1) is 0 Å². The van der Waals surface area contributed by atoms with Crippen LogP contribution in [0.1, 0.15) is 65.2 Å². The van der Waals surface area contributed by atoms with E-state index in [4.69, 9.17) is 21.1 Å². The van der Waals surface area contributed by atoms with Gasteiger partial charge in [0.25, 0.3) is 5.25 Å². The van der Waals surface area contributed by atoms with Crippen LogP contribution in [0.25, 0.3) is 0 Å². The van der Waals surface area contributed by atoms with E-state index in [-0.39, 0.29) is 0 Å². The molecule has 2 nitrogen and oxygen atoms in total. The molecule has 0 saturated heterocycles. The number of hydrogen-bond donors (Lipinski definition) is 0. The fourth-order valence-corrected chi connectivity index (χ4v) is 2.66. The predicted molar refractivity (Wildman–Crippen MR) is 89.9 cm³/mol. The molecule has 120 valence electrons. The molecule has 0 spiro atoms. The Morgan fingerprint density at radius 3 is 2.14 bits per heavy atom. The van der Waals surface area contributed by atoms with E-state index in [1.54, 1.807) is 0 Å². The van der Waals surface area contributed by atoms with Crippen LogP contribution in [0.15, 0.2) is 30.3 Å². The highest BCUT2D eigenvalue weighted by Crippen LogP contribution is 2.29. The zero-order valence-corrected chi connectivity index (χ0v) is 14.2. The number of ether oxygens (including phenoxy) is 2. The largest absolute Gasteiger partial charge is 0.448 e. The van der Waals surface area contributed by atoms with Crippen molar-refractivity contribution in [3.8, 4) is 5.75 Å². The number of rotatable bonds is 12. The Hall–Kier alpha value is -0.730. The third kappa shape index (κ3) is 8.33. The van der Waals surface area contributed by atoms with Crippen LogP contribution >= 0.6 is 11.6 Å². The van der Waals surface area contributed by atoms with E-state index in [1.807, 2.05) is 37.3 Å². The topological polar surface area (TPSA) is 18.5 Å². The monoisotopic (exact) mass is 312 g/mol. The summed E-state index contributed by atoms with van der Waals surface area (Å²) in [7, 11) is 0. The van der Waals surface area contributed by atoms with Crippen LogP contribution in [0.3, 0.4) is 0 Å². The molecule has 0 heterocycles. The molecule has 1 atom stereocenters. The minimum absolute atomic E-state index is 0.548. The molecule has 0 aromatic heterocycles. The lowest BCUT2D eigenvalue weighted by Crippen LogP contribution is -2.33. The SMILES string of the molecule is CCCCCCCCCC(Cl)(OCC)Oc1ccccc1. The Morgan fingerprint density at radius 2 is 1.52 bits per heavy atom. The molecule has 0 bridgehead atoms. The molecule has 1 aromatic rings. The van der Waals surface area contributed by atoms with Gasteiger partial charge in [-0.25, -0.2) is 0 Å². The Kier molecular flexibility index (Phi) is 9.53. The van der Waals surface area contributed by atoms with E-state index in [2.05, 4.69) is 6.92 Å². The van der Waals surface area contributed by atoms with Crippen LogP contribution in [0.5, 0.6) is 5.75 Å². The summed E-state index contributed by atoms with van der Waals surface area (Å²) >= 11 is 6.49. The number of unbranched alkanes of at least 4 members (excludes halogenated alkanes) is 6. The van der Waals surface area contributed by atoms with Gasteiger partial charge in [0, 0.05) is 13.0 Å². The Balaban J connectivity index is 2.31. The number of halogens is 1. The van der Waals surface area contributed by atoms with Crippen molar-refractivity contribution in [2.24, 2.45) is 0 Å². The Bertz CT molecular complexity index is 355. The van der Waals surface area contributed by atoms with Crippen molar-refractivity contribution >= 4 is 11.6 Å². The zero-order chi connectivity index (χ0) is 15.4. The summed E-state index contributed by atoms with van der Waals surface area (Å²) in [5.41, 5.74) is 0. The maximum absolute atomic E-state index is 6.49. The Labute approximate surface area is 134 Å². The molecule has 0 saturated carbocycles. The van der Waals surface area contributed by atoms with E-state index in [0.29, 0.717) is 13.0 Å². The molecule has 0 amide bonds. The van der Waals surface area contributed by atoms with E-state index in [0.717, 1.165) is 12.2 Å². The van der Waals surface area contributed by atoms with Crippen LogP contribution < -0.4 is 4.74 Å². The van der Waals surface area contributed by atoms with Gasteiger partial charge in [-0.1, -0.05) is 63.6 Å². The van der Waals surface area contributed by atoms with Gasteiger partial charge in [0.1, 0.15) is 5.75 Å². The highest BCUT2D eigenvalue weighted by Gasteiger charge is 2.29. The first-order valence-corrected chi connectivity index (χ1v) is 8.65. The third-order valence-corrected chi connectivity index (χ3v) is 3.83. The molecule has 1 rings (SSSR count). The summed E-state index contributed by atoms with van der Waals surface area (Å²) in [6, 6.07) is 9.64. The molecule has 1 aromatic carbocycles. The van der Waals surface area contributed by atoms with Crippen LogP contribution in [0.2, 0.25) is 0 Å². The van der Waals surface area contributed by atoms with E-state index in [9.17, 15) is 0 Å². The summed E-state index contributed by atoms with van der Waals surface area (Å²) in [5, 5.41) is -1.03. The van der Waals surface area contributed by atoms with Crippen molar-refractivity contribution in [1.29, 1.82) is 0 Å². The second-order valence-electron chi connectivity index (χ2n) is 5.38. The van der Waals surface area contributed by atoms with Gasteiger partial charge in [0.2, 0.25) is 0 Å². The number of hydrogen-bond acceptors (Lipinski definition) is 2. The average Bonchev–Trinajstić information content (AvgIpc) is 2.47. The molecule has 0 radical (unpaired) electrons. The first-order valence-electron chi connectivity index (χ1n) is 8.27. The fourth-order valence-electron chi connectivity index (χ4n) is 2.33. The fraction of sp³-hybridized carbons (Fsp3) is 0.667.